The van der Waals surface area contributed by atoms with Gasteiger partial charge in [0.25, 0.3) is 10.0 Å². The van der Waals surface area contributed by atoms with E-state index in [0.717, 1.165) is 11.6 Å². The van der Waals surface area contributed by atoms with Crippen molar-refractivity contribution < 1.29 is 27.4 Å². The summed E-state index contributed by atoms with van der Waals surface area (Å²) in [5.74, 6) is -1.99. The Morgan fingerprint density at radius 1 is 1.27 bits per heavy atom. The highest BCUT2D eigenvalue weighted by Gasteiger charge is 2.18. The number of carbonyl (C=O) groups is 1. The fraction of sp³-hybridized carbons (Fsp3) is 0.222. The maximum Gasteiger partial charge on any atom is 0.303 e. The summed E-state index contributed by atoms with van der Waals surface area (Å²) >= 11 is 0. The van der Waals surface area contributed by atoms with E-state index in [4.69, 9.17) is 9.84 Å². The van der Waals surface area contributed by atoms with Crippen molar-refractivity contribution in [2.24, 2.45) is 0 Å². The first kappa shape index (κ1) is 21.2. The van der Waals surface area contributed by atoms with Crippen LogP contribution in [0.15, 0.2) is 47.6 Å². The summed E-state index contributed by atoms with van der Waals surface area (Å²) in [7, 11) is -4.04. The summed E-state index contributed by atoms with van der Waals surface area (Å²) in [5, 5.41) is 19.5. The zero-order valence-electron chi connectivity index (χ0n) is 15.8. The SMILES string of the molecule is Cc1cc(NS(=O)(=O)c2ccc(OCCCC(=O)O)c(F)c2)ccc1-n1cnnn1. The largest absolute Gasteiger partial charge is 0.491 e. The van der Waals surface area contributed by atoms with E-state index in [1.165, 1.54) is 29.2 Å². The number of tetrazole rings is 1. The first-order valence-electron chi connectivity index (χ1n) is 8.77. The zero-order valence-corrected chi connectivity index (χ0v) is 16.6. The normalized spacial score (nSPS) is 11.3. The van der Waals surface area contributed by atoms with E-state index in [9.17, 15) is 17.6 Å². The average molecular weight is 435 g/mol. The maximum absolute atomic E-state index is 14.2. The molecular weight excluding hydrogens is 417 g/mol. The Morgan fingerprint density at radius 2 is 2.07 bits per heavy atom. The number of nitrogens with one attached hydrogen (secondary N) is 1. The number of nitrogens with zero attached hydrogens (tertiary/aromatic N) is 4. The summed E-state index contributed by atoms with van der Waals surface area (Å²) in [5.41, 5.74) is 1.69. The summed E-state index contributed by atoms with van der Waals surface area (Å²) in [4.78, 5) is 10.2. The summed E-state index contributed by atoms with van der Waals surface area (Å²) in [6, 6.07) is 8.04. The van der Waals surface area contributed by atoms with Gasteiger partial charge in [-0.15, -0.1) is 5.10 Å². The van der Waals surface area contributed by atoms with Gasteiger partial charge in [-0.1, -0.05) is 0 Å². The van der Waals surface area contributed by atoms with Crippen molar-refractivity contribution in [1.29, 1.82) is 0 Å². The van der Waals surface area contributed by atoms with Crippen molar-refractivity contribution in [1.82, 2.24) is 20.2 Å². The third kappa shape index (κ3) is 5.08. The fourth-order valence-electron chi connectivity index (χ4n) is 2.63. The molecule has 3 rings (SSSR count). The second-order valence-electron chi connectivity index (χ2n) is 6.30. The van der Waals surface area contributed by atoms with Crippen molar-refractivity contribution in [3.63, 3.8) is 0 Å². The van der Waals surface area contributed by atoms with Crippen LogP contribution in [0, 0.1) is 12.7 Å². The van der Waals surface area contributed by atoms with Crippen molar-refractivity contribution >= 4 is 21.7 Å². The van der Waals surface area contributed by atoms with Gasteiger partial charge in [-0.05, 0) is 65.7 Å². The molecule has 0 saturated carbocycles. The second-order valence-corrected chi connectivity index (χ2v) is 7.98. The highest BCUT2D eigenvalue weighted by molar-refractivity contribution is 7.92. The van der Waals surface area contributed by atoms with Gasteiger partial charge in [-0.25, -0.2) is 17.5 Å². The van der Waals surface area contributed by atoms with Crippen LogP contribution in [-0.4, -0.2) is 46.3 Å². The molecule has 158 valence electrons. The van der Waals surface area contributed by atoms with E-state index >= 15 is 0 Å². The van der Waals surface area contributed by atoms with Crippen LogP contribution in [0.25, 0.3) is 5.69 Å². The molecule has 0 spiro atoms. The lowest BCUT2D eigenvalue weighted by atomic mass is 10.2. The number of aryl methyl sites for hydroxylation is 1. The Morgan fingerprint density at radius 3 is 2.70 bits per heavy atom. The standard InChI is InChI=1S/C18H18FN5O5S/c1-12-9-13(4-6-16(12)24-11-20-22-23-24)21-30(27,28)14-5-7-17(15(19)10-14)29-8-2-3-18(25)26/h4-7,9-11,21H,2-3,8H2,1H3,(H,25,26). The van der Waals surface area contributed by atoms with Gasteiger partial charge in [0.15, 0.2) is 11.6 Å². The lowest BCUT2D eigenvalue weighted by molar-refractivity contribution is -0.137. The van der Waals surface area contributed by atoms with Gasteiger partial charge in [0, 0.05) is 12.1 Å². The van der Waals surface area contributed by atoms with E-state index in [1.54, 1.807) is 19.1 Å². The van der Waals surface area contributed by atoms with Crippen molar-refractivity contribution in [2.75, 3.05) is 11.3 Å². The molecule has 0 fully saturated rings. The Labute approximate surface area is 171 Å². The molecule has 10 nitrogen and oxygen atoms in total. The Balaban J connectivity index is 1.72. The summed E-state index contributed by atoms with van der Waals surface area (Å²) in [6.45, 7) is 1.77. The molecule has 0 radical (unpaired) electrons. The molecule has 12 heteroatoms. The second kappa shape index (κ2) is 8.86. The van der Waals surface area contributed by atoms with Crippen LogP contribution < -0.4 is 9.46 Å². The molecule has 0 amide bonds. The van der Waals surface area contributed by atoms with Crippen LogP contribution in [0.5, 0.6) is 5.75 Å². The van der Waals surface area contributed by atoms with Crippen molar-refractivity contribution in [3.05, 3.63) is 54.1 Å². The van der Waals surface area contributed by atoms with E-state index in [1.807, 2.05) is 0 Å². The monoisotopic (exact) mass is 435 g/mol. The lowest BCUT2D eigenvalue weighted by Gasteiger charge is -2.12. The van der Waals surface area contributed by atoms with Crippen LogP contribution in [0.3, 0.4) is 0 Å². The Kier molecular flexibility index (Phi) is 6.26. The molecule has 0 aliphatic carbocycles. The van der Waals surface area contributed by atoms with Crippen LogP contribution in [0.2, 0.25) is 0 Å². The van der Waals surface area contributed by atoms with E-state index in [2.05, 4.69) is 20.2 Å². The molecule has 2 N–H and O–H groups in total. The third-order valence-electron chi connectivity index (χ3n) is 4.05. The number of aromatic nitrogens is 4. The molecule has 0 aliphatic rings. The molecule has 0 aliphatic heterocycles. The van der Waals surface area contributed by atoms with Gasteiger partial charge in [-0.3, -0.25) is 9.52 Å². The van der Waals surface area contributed by atoms with Gasteiger partial charge in [0.2, 0.25) is 0 Å². The van der Waals surface area contributed by atoms with Crippen LogP contribution in [0.4, 0.5) is 10.1 Å². The Bertz CT molecular complexity index is 1150. The topological polar surface area (TPSA) is 136 Å². The first-order valence-corrected chi connectivity index (χ1v) is 10.3. The minimum atomic E-state index is -4.04. The van der Waals surface area contributed by atoms with E-state index in [0.29, 0.717) is 11.4 Å². The number of benzene rings is 2. The van der Waals surface area contributed by atoms with Gasteiger partial charge >= 0.3 is 5.97 Å². The number of anilines is 1. The maximum atomic E-state index is 14.2. The quantitative estimate of drug-likeness (QED) is 0.488. The molecule has 30 heavy (non-hydrogen) atoms. The molecule has 0 unspecified atom stereocenters. The molecule has 0 bridgehead atoms. The molecule has 3 aromatic rings. The highest BCUT2D eigenvalue weighted by Crippen LogP contribution is 2.24. The zero-order chi connectivity index (χ0) is 21.7. The molecular formula is C18H18FN5O5S. The number of carboxylic acid groups (broad SMARTS) is 1. The number of rotatable bonds is 9. The first-order chi connectivity index (χ1) is 14.3. The number of sulfonamides is 1. The predicted octanol–water partition coefficient (Wildman–Crippen LogP) is 2.15. The molecule has 0 saturated heterocycles. The number of halogens is 1. The average Bonchev–Trinajstić information content (AvgIpc) is 3.20. The van der Waals surface area contributed by atoms with Crippen molar-refractivity contribution in [3.8, 4) is 11.4 Å². The number of hydrogen-bond acceptors (Lipinski definition) is 7. The van der Waals surface area contributed by atoms with Gasteiger partial charge in [-0.2, -0.15) is 0 Å². The van der Waals surface area contributed by atoms with E-state index < -0.39 is 21.8 Å². The summed E-state index contributed by atoms with van der Waals surface area (Å²) in [6.07, 6.45) is 1.51. The van der Waals surface area contributed by atoms with E-state index in [-0.39, 0.29) is 30.1 Å². The Hall–Kier alpha value is -3.54. The van der Waals surface area contributed by atoms with Gasteiger partial charge < -0.3 is 9.84 Å². The predicted molar refractivity (Wildman–Crippen MR) is 103 cm³/mol. The fourth-order valence-corrected chi connectivity index (χ4v) is 3.69. The minimum absolute atomic E-state index is 0.000480. The number of ether oxygens (including phenoxy) is 1. The molecule has 2 aromatic carbocycles. The highest BCUT2D eigenvalue weighted by atomic mass is 32.2. The van der Waals surface area contributed by atoms with Crippen molar-refractivity contribution in [2.45, 2.75) is 24.7 Å². The number of carboxylic acids is 1. The smallest absolute Gasteiger partial charge is 0.303 e. The van der Waals surface area contributed by atoms with Crippen LogP contribution >= 0.6 is 0 Å². The molecule has 0 atom stereocenters. The van der Waals surface area contributed by atoms with Gasteiger partial charge in [0.05, 0.1) is 17.2 Å². The number of aliphatic carboxylic acids is 1. The minimum Gasteiger partial charge on any atom is -0.491 e. The summed E-state index contributed by atoms with van der Waals surface area (Å²) < 4.78 is 48.4. The third-order valence-corrected chi connectivity index (χ3v) is 5.43. The lowest BCUT2D eigenvalue weighted by Crippen LogP contribution is -2.14. The number of hydrogen-bond donors (Lipinski definition) is 2. The van der Waals surface area contributed by atoms with Crippen LogP contribution in [0.1, 0.15) is 18.4 Å². The molecule has 1 heterocycles. The van der Waals surface area contributed by atoms with Crippen LogP contribution in [-0.2, 0) is 14.8 Å². The van der Waals surface area contributed by atoms with Gasteiger partial charge in [0.1, 0.15) is 6.33 Å². The molecule has 1 aromatic heterocycles.